The molecule has 1 aromatic heterocycles. The lowest BCUT2D eigenvalue weighted by Crippen LogP contribution is -1.98. The van der Waals surface area contributed by atoms with Crippen LogP contribution in [0.5, 0.6) is 0 Å². The fraction of sp³-hybridized carbons (Fsp3) is 0.364. The molecule has 0 aliphatic carbocycles. The number of ether oxygens (including phenoxy) is 1. The van der Waals surface area contributed by atoms with E-state index in [4.69, 9.17) is 9.15 Å². The first kappa shape index (κ1) is 10.6. The van der Waals surface area contributed by atoms with Gasteiger partial charge in [-0.2, -0.15) is 0 Å². The Bertz CT molecular complexity index is 347. The summed E-state index contributed by atoms with van der Waals surface area (Å²) < 4.78 is 10.1. The molecule has 0 amide bonds. The normalized spacial score (nSPS) is 10.8. The second-order valence-corrected chi connectivity index (χ2v) is 2.95. The van der Waals surface area contributed by atoms with E-state index in [9.17, 15) is 4.79 Å². The largest absolute Gasteiger partial charge is 0.466 e. The van der Waals surface area contributed by atoms with Crippen LogP contribution in [0.1, 0.15) is 24.0 Å². The van der Waals surface area contributed by atoms with Gasteiger partial charge < -0.3 is 9.15 Å². The van der Waals surface area contributed by atoms with E-state index < -0.39 is 0 Å². The van der Waals surface area contributed by atoms with Gasteiger partial charge in [-0.3, -0.25) is 0 Å². The average Bonchev–Trinajstić information content (AvgIpc) is 2.42. The summed E-state index contributed by atoms with van der Waals surface area (Å²) in [5.41, 5.74) is 0.913. The minimum absolute atomic E-state index is 0.328. The fourth-order valence-electron chi connectivity index (χ4n) is 1.16. The molecule has 0 unspecified atom stereocenters. The van der Waals surface area contributed by atoms with Crippen LogP contribution in [-0.4, -0.2) is 12.6 Å². The van der Waals surface area contributed by atoms with Crippen LogP contribution < -0.4 is 0 Å². The molecule has 0 aliphatic rings. The molecular formula is C11H14O3. The van der Waals surface area contributed by atoms with Crippen LogP contribution >= 0.6 is 0 Å². The Balaban J connectivity index is 2.68. The Labute approximate surface area is 83.4 Å². The maximum atomic E-state index is 11.0. The summed E-state index contributed by atoms with van der Waals surface area (Å²) in [7, 11) is 0. The quantitative estimate of drug-likeness (QED) is 0.548. The predicted molar refractivity (Wildman–Crippen MR) is 53.8 cm³/mol. The number of hydrogen-bond acceptors (Lipinski definition) is 3. The molecule has 0 saturated heterocycles. The molecule has 0 aromatic carbocycles. The summed E-state index contributed by atoms with van der Waals surface area (Å²) in [6, 6.07) is 1.88. The molecule has 1 rings (SSSR count). The smallest absolute Gasteiger partial charge is 0.330 e. The van der Waals surface area contributed by atoms with Crippen molar-refractivity contribution < 1.29 is 13.9 Å². The lowest BCUT2D eigenvalue weighted by molar-refractivity contribution is -0.137. The number of hydrogen-bond donors (Lipinski definition) is 0. The van der Waals surface area contributed by atoms with Crippen LogP contribution in [0.4, 0.5) is 0 Å². The Kier molecular flexibility index (Phi) is 3.51. The Morgan fingerprint density at radius 2 is 2.29 bits per heavy atom. The Morgan fingerprint density at radius 3 is 2.79 bits per heavy atom. The molecule has 0 saturated carbocycles. The highest BCUT2D eigenvalue weighted by atomic mass is 16.5. The molecule has 0 N–H and O–H groups in total. The van der Waals surface area contributed by atoms with Crippen molar-refractivity contribution in [2.75, 3.05) is 6.61 Å². The summed E-state index contributed by atoms with van der Waals surface area (Å²) in [4.78, 5) is 11.0. The van der Waals surface area contributed by atoms with Crippen molar-refractivity contribution >= 4 is 12.0 Å². The average molecular weight is 194 g/mol. The van der Waals surface area contributed by atoms with E-state index in [-0.39, 0.29) is 5.97 Å². The van der Waals surface area contributed by atoms with Gasteiger partial charge in [0.05, 0.1) is 6.61 Å². The zero-order valence-corrected chi connectivity index (χ0v) is 8.66. The first-order chi connectivity index (χ1) is 6.63. The molecule has 1 aromatic rings. The van der Waals surface area contributed by atoms with Crippen molar-refractivity contribution in [3.05, 3.63) is 29.2 Å². The third-order valence-electron chi connectivity index (χ3n) is 1.76. The summed E-state index contributed by atoms with van der Waals surface area (Å²) >= 11 is 0. The standard InChI is InChI=1S/C11H14O3/c1-4-13-11(12)6-5-10-7-8(2)14-9(10)3/h5-7H,4H2,1-3H3/b6-5-. The number of esters is 1. The van der Waals surface area contributed by atoms with Gasteiger partial charge in [-0.15, -0.1) is 0 Å². The van der Waals surface area contributed by atoms with Crippen LogP contribution in [0.25, 0.3) is 6.08 Å². The van der Waals surface area contributed by atoms with Crippen molar-refractivity contribution in [3.63, 3.8) is 0 Å². The van der Waals surface area contributed by atoms with E-state index in [0.29, 0.717) is 6.61 Å². The van der Waals surface area contributed by atoms with Crippen LogP contribution in [0.15, 0.2) is 16.6 Å². The molecule has 0 fully saturated rings. The monoisotopic (exact) mass is 194 g/mol. The molecule has 1 heterocycles. The summed E-state index contributed by atoms with van der Waals surface area (Å²) in [5.74, 6) is 1.32. The van der Waals surface area contributed by atoms with E-state index in [1.165, 1.54) is 6.08 Å². The molecule has 14 heavy (non-hydrogen) atoms. The Morgan fingerprint density at radius 1 is 1.57 bits per heavy atom. The number of carbonyl (C=O) groups excluding carboxylic acids is 1. The lowest BCUT2D eigenvalue weighted by atomic mass is 10.2. The molecule has 3 nitrogen and oxygen atoms in total. The van der Waals surface area contributed by atoms with Gasteiger partial charge in [0.25, 0.3) is 0 Å². The number of carbonyl (C=O) groups is 1. The highest BCUT2D eigenvalue weighted by molar-refractivity contribution is 5.87. The first-order valence-electron chi connectivity index (χ1n) is 4.55. The van der Waals surface area contributed by atoms with Gasteiger partial charge in [-0.25, -0.2) is 4.79 Å². The van der Waals surface area contributed by atoms with Gasteiger partial charge >= 0.3 is 5.97 Å². The highest BCUT2D eigenvalue weighted by Gasteiger charge is 2.01. The maximum Gasteiger partial charge on any atom is 0.330 e. The molecular weight excluding hydrogens is 180 g/mol. The van der Waals surface area contributed by atoms with Gasteiger partial charge in [-0.05, 0) is 32.9 Å². The van der Waals surface area contributed by atoms with Crippen LogP contribution in [0, 0.1) is 13.8 Å². The van der Waals surface area contributed by atoms with E-state index in [0.717, 1.165) is 17.1 Å². The lowest BCUT2D eigenvalue weighted by Gasteiger charge is -1.93. The summed E-state index contributed by atoms with van der Waals surface area (Å²) in [5, 5.41) is 0. The third-order valence-corrected chi connectivity index (χ3v) is 1.76. The molecule has 0 bridgehead atoms. The fourth-order valence-corrected chi connectivity index (χ4v) is 1.16. The minimum atomic E-state index is -0.328. The van der Waals surface area contributed by atoms with Gasteiger partial charge in [0, 0.05) is 11.6 Å². The minimum Gasteiger partial charge on any atom is -0.466 e. The van der Waals surface area contributed by atoms with Crippen molar-refractivity contribution in [1.82, 2.24) is 0 Å². The van der Waals surface area contributed by atoms with Gasteiger partial charge in [-0.1, -0.05) is 0 Å². The third kappa shape index (κ3) is 2.76. The zero-order chi connectivity index (χ0) is 10.6. The van der Waals surface area contributed by atoms with Crippen LogP contribution in [-0.2, 0) is 9.53 Å². The SMILES string of the molecule is CCOC(=O)/C=C\c1cc(C)oc1C. The molecule has 0 radical (unpaired) electrons. The molecule has 0 spiro atoms. The molecule has 0 atom stereocenters. The number of furan rings is 1. The predicted octanol–water partition coefficient (Wildman–Crippen LogP) is 2.47. The first-order valence-corrected chi connectivity index (χ1v) is 4.55. The summed E-state index contributed by atoms with van der Waals surface area (Å²) in [6.07, 6.45) is 3.10. The van der Waals surface area contributed by atoms with E-state index in [1.807, 2.05) is 19.9 Å². The number of aryl methyl sites for hydroxylation is 2. The second-order valence-electron chi connectivity index (χ2n) is 2.95. The van der Waals surface area contributed by atoms with Crippen molar-refractivity contribution in [1.29, 1.82) is 0 Å². The molecule has 0 aliphatic heterocycles. The Hall–Kier alpha value is -1.51. The van der Waals surface area contributed by atoms with Crippen molar-refractivity contribution in [2.45, 2.75) is 20.8 Å². The second kappa shape index (κ2) is 4.65. The van der Waals surface area contributed by atoms with Gasteiger partial charge in [0.1, 0.15) is 11.5 Å². The molecule has 76 valence electrons. The van der Waals surface area contributed by atoms with Crippen molar-refractivity contribution in [2.24, 2.45) is 0 Å². The van der Waals surface area contributed by atoms with Gasteiger partial charge in [0.2, 0.25) is 0 Å². The maximum absolute atomic E-state index is 11.0. The van der Waals surface area contributed by atoms with E-state index in [1.54, 1.807) is 13.0 Å². The van der Waals surface area contributed by atoms with Crippen LogP contribution in [0.3, 0.4) is 0 Å². The van der Waals surface area contributed by atoms with Crippen LogP contribution in [0.2, 0.25) is 0 Å². The zero-order valence-electron chi connectivity index (χ0n) is 8.66. The summed E-state index contributed by atoms with van der Waals surface area (Å²) in [6.45, 7) is 5.90. The van der Waals surface area contributed by atoms with Crippen molar-refractivity contribution in [3.8, 4) is 0 Å². The molecule has 3 heteroatoms. The van der Waals surface area contributed by atoms with E-state index >= 15 is 0 Å². The van der Waals surface area contributed by atoms with Gasteiger partial charge in [0.15, 0.2) is 0 Å². The van der Waals surface area contributed by atoms with E-state index in [2.05, 4.69) is 0 Å². The highest BCUT2D eigenvalue weighted by Crippen LogP contribution is 2.14. The number of rotatable bonds is 3. The topological polar surface area (TPSA) is 39.4 Å².